The van der Waals surface area contributed by atoms with Gasteiger partial charge in [-0.05, 0) is 19.8 Å². The predicted molar refractivity (Wildman–Crippen MR) is 63.9 cm³/mol. The van der Waals surface area contributed by atoms with Gasteiger partial charge >= 0.3 is 11.9 Å². The minimum absolute atomic E-state index is 0.0415. The molecule has 1 heterocycles. The Morgan fingerprint density at radius 2 is 2.11 bits per heavy atom. The molecule has 108 valence electrons. The summed E-state index contributed by atoms with van der Waals surface area (Å²) in [5.74, 6) is -2.56. The Morgan fingerprint density at radius 1 is 1.42 bits per heavy atom. The lowest BCUT2D eigenvalue weighted by Crippen LogP contribution is -2.37. The van der Waals surface area contributed by atoms with E-state index in [1.54, 1.807) is 6.92 Å². The summed E-state index contributed by atoms with van der Waals surface area (Å²) in [5.41, 5.74) is 0. The van der Waals surface area contributed by atoms with Crippen LogP contribution in [0.2, 0.25) is 0 Å². The Balaban J connectivity index is 2.84. The van der Waals surface area contributed by atoms with Gasteiger partial charge in [-0.15, -0.1) is 0 Å². The molecule has 0 aromatic rings. The van der Waals surface area contributed by atoms with Crippen molar-refractivity contribution >= 4 is 17.8 Å². The van der Waals surface area contributed by atoms with Gasteiger partial charge < -0.3 is 19.9 Å². The van der Waals surface area contributed by atoms with E-state index in [0.29, 0.717) is 12.8 Å². The van der Waals surface area contributed by atoms with Gasteiger partial charge in [-0.3, -0.25) is 14.4 Å². The Labute approximate surface area is 111 Å². The first kappa shape index (κ1) is 15.4. The van der Waals surface area contributed by atoms with Crippen molar-refractivity contribution in [2.24, 2.45) is 5.92 Å². The third-order valence-electron chi connectivity index (χ3n) is 2.87. The normalized spacial score (nSPS) is 25.8. The van der Waals surface area contributed by atoms with E-state index in [9.17, 15) is 14.4 Å². The van der Waals surface area contributed by atoms with Crippen molar-refractivity contribution in [2.75, 3.05) is 13.2 Å². The van der Waals surface area contributed by atoms with Gasteiger partial charge in [-0.1, -0.05) is 0 Å². The number of hydrogen-bond acceptors (Lipinski definition) is 6. The summed E-state index contributed by atoms with van der Waals surface area (Å²) in [4.78, 5) is 34.6. The van der Waals surface area contributed by atoms with Crippen LogP contribution in [0.1, 0.15) is 26.7 Å². The van der Waals surface area contributed by atoms with Crippen LogP contribution in [-0.4, -0.2) is 48.3 Å². The molecular weight excluding hydrogens is 254 g/mol. The fourth-order valence-corrected chi connectivity index (χ4v) is 2.12. The highest BCUT2D eigenvalue weighted by atomic mass is 16.6. The lowest BCUT2D eigenvalue weighted by Gasteiger charge is -2.20. The standard InChI is InChI=1S/C12H19NO6/c1-3-18-12(17)9-8(5-4-6-14)13-11(16)10(9)19-7(2)15/h8-10,14H,3-6H2,1-2H3,(H,13,16)/t8-,9+,10+/m0/s1. The molecule has 0 bridgehead atoms. The summed E-state index contributed by atoms with van der Waals surface area (Å²) < 4.78 is 9.81. The van der Waals surface area contributed by atoms with Crippen molar-refractivity contribution in [1.29, 1.82) is 0 Å². The van der Waals surface area contributed by atoms with Gasteiger partial charge in [0, 0.05) is 19.6 Å². The summed E-state index contributed by atoms with van der Waals surface area (Å²) in [6.45, 7) is 2.98. The fourth-order valence-electron chi connectivity index (χ4n) is 2.12. The molecule has 1 aliphatic heterocycles. The highest BCUT2D eigenvalue weighted by Crippen LogP contribution is 2.25. The Bertz CT molecular complexity index is 356. The molecule has 1 fully saturated rings. The molecule has 0 aliphatic carbocycles. The van der Waals surface area contributed by atoms with Crippen LogP contribution in [0.5, 0.6) is 0 Å². The Kier molecular flexibility index (Phi) is 5.75. The van der Waals surface area contributed by atoms with E-state index in [0.717, 1.165) is 0 Å². The highest BCUT2D eigenvalue weighted by molar-refractivity contribution is 5.93. The lowest BCUT2D eigenvalue weighted by atomic mass is 9.95. The number of aliphatic hydroxyl groups is 1. The van der Waals surface area contributed by atoms with Crippen LogP contribution in [0.25, 0.3) is 0 Å². The number of amides is 1. The van der Waals surface area contributed by atoms with Crippen molar-refractivity contribution < 1.29 is 29.0 Å². The third-order valence-corrected chi connectivity index (χ3v) is 2.87. The molecule has 7 nitrogen and oxygen atoms in total. The summed E-state index contributed by atoms with van der Waals surface area (Å²) in [5, 5.41) is 11.4. The number of aliphatic hydroxyl groups excluding tert-OH is 1. The molecular formula is C12H19NO6. The van der Waals surface area contributed by atoms with E-state index < -0.39 is 35.9 Å². The van der Waals surface area contributed by atoms with Gasteiger partial charge in [-0.2, -0.15) is 0 Å². The van der Waals surface area contributed by atoms with Gasteiger partial charge in [0.25, 0.3) is 5.91 Å². The molecule has 1 amide bonds. The smallest absolute Gasteiger partial charge is 0.315 e. The fraction of sp³-hybridized carbons (Fsp3) is 0.750. The van der Waals surface area contributed by atoms with Crippen molar-refractivity contribution in [2.45, 2.75) is 38.8 Å². The van der Waals surface area contributed by atoms with E-state index in [2.05, 4.69) is 5.32 Å². The van der Waals surface area contributed by atoms with Crippen LogP contribution in [0.4, 0.5) is 0 Å². The maximum absolute atomic E-state index is 11.9. The first-order valence-corrected chi connectivity index (χ1v) is 6.26. The molecule has 1 aliphatic rings. The number of carbonyl (C=O) groups is 3. The minimum Gasteiger partial charge on any atom is -0.466 e. The van der Waals surface area contributed by atoms with Gasteiger partial charge in [0.15, 0.2) is 6.10 Å². The minimum atomic E-state index is -1.15. The largest absolute Gasteiger partial charge is 0.466 e. The van der Waals surface area contributed by atoms with Gasteiger partial charge in [0.1, 0.15) is 5.92 Å². The average Bonchev–Trinajstić information content (AvgIpc) is 2.63. The number of nitrogens with one attached hydrogen (secondary N) is 1. The monoisotopic (exact) mass is 273 g/mol. The summed E-state index contributed by atoms with van der Waals surface area (Å²) in [7, 11) is 0. The second-order valence-corrected chi connectivity index (χ2v) is 4.29. The molecule has 1 rings (SSSR count). The number of esters is 2. The molecule has 3 atom stereocenters. The second kappa shape index (κ2) is 7.08. The molecule has 0 radical (unpaired) electrons. The van der Waals surface area contributed by atoms with E-state index in [1.165, 1.54) is 6.92 Å². The summed E-state index contributed by atoms with van der Waals surface area (Å²) >= 11 is 0. The van der Waals surface area contributed by atoms with E-state index in [1.807, 2.05) is 0 Å². The molecule has 1 saturated heterocycles. The molecule has 0 saturated carbocycles. The van der Waals surface area contributed by atoms with Crippen LogP contribution < -0.4 is 5.32 Å². The van der Waals surface area contributed by atoms with Gasteiger partial charge in [0.05, 0.1) is 6.61 Å². The molecule has 0 aromatic carbocycles. The molecule has 19 heavy (non-hydrogen) atoms. The zero-order chi connectivity index (χ0) is 14.4. The first-order valence-electron chi connectivity index (χ1n) is 6.26. The molecule has 0 unspecified atom stereocenters. The molecule has 0 spiro atoms. The van der Waals surface area contributed by atoms with E-state index in [4.69, 9.17) is 14.6 Å². The SMILES string of the molecule is CCOC(=O)[C@@H]1[C@H](CCCO)NC(=O)[C@@H]1OC(C)=O. The number of rotatable bonds is 6. The van der Waals surface area contributed by atoms with Gasteiger partial charge in [-0.25, -0.2) is 0 Å². The summed E-state index contributed by atoms with van der Waals surface area (Å²) in [6, 6.07) is -0.483. The quantitative estimate of drug-likeness (QED) is 0.625. The van der Waals surface area contributed by atoms with Crippen LogP contribution in [0.15, 0.2) is 0 Å². The zero-order valence-electron chi connectivity index (χ0n) is 11.0. The van der Waals surface area contributed by atoms with Gasteiger partial charge in [0.2, 0.25) is 0 Å². The highest BCUT2D eigenvalue weighted by Gasteiger charge is 2.49. The maximum Gasteiger partial charge on any atom is 0.315 e. The molecule has 0 aromatic heterocycles. The van der Waals surface area contributed by atoms with Crippen LogP contribution in [0, 0.1) is 5.92 Å². The van der Waals surface area contributed by atoms with E-state index >= 15 is 0 Å². The van der Waals surface area contributed by atoms with Crippen molar-refractivity contribution in [3.8, 4) is 0 Å². The van der Waals surface area contributed by atoms with Crippen molar-refractivity contribution in [3.63, 3.8) is 0 Å². The zero-order valence-corrected chi connectivity index (χ0v) is 11.0. The Morgan fingerprint density at radius 3 is 2.63 bits per heavy atom. The average molecular weight is 273 g/mol. The van der Waals surface area contributed by atoms with Crippen LogP contribution in [-0.2, 0) is 23.9 Å². The third kappa shape index (κ3) is 3.92. The number of carbonyl (C=O) groups excluding carboxylic acids is 3. The predicted octanol–water partition coefficient (Wildman–Crippen LogP) is -0.632. The Hall–Kier alpha value is -1.63. The number of ether oxygens (including phenoxy) is 2. The molecule has 7 heteroatoms. The maximum atomic E-state index is 11.9. The van der Waals surface area contributed by atoms with Crippen molar-refractivity contribution in [1.82, 2.24) is 5.32 Å². The molecule has 2 N–H and O–H groups in total. The van der Waals surface area contributed by atoms with Crippen molar-refractivity contribution in [3.05, 3.63) is 0 Å². The van der Waals surface area contributed by atoms with Crippen LogP contribution in [0.3, 0.4) is 0 Å². The first-order chi connectivity index (χ1) is 9.01. The van der Waals surface area contributed by atoms with Crippen LogP contribution >= 0.6 is 0 Å². The topological polar surface area (TPSA) is 102 Å². The second-order valence-electron chi connectivity index (χ2n) is 4.29. The summed E-state index contributed by atoms with van der Waals surface area (Å²) in [6.07, 6.45) is -0.294. The van der Waals surface area contributed by atoms with E-state index in [-0.39, 0.29) is 13.2 Å². The number of hydrogen-bond donors (Lipinski definition) is 2. The lowest BCUT2D eigenvalue weighted by molar-refractivity contribution is -0.162.